The lowest BCUT2D eigenvalue weighted by atomic mass is 9.89. The predicted molar refractivity (Wildman–Crippen MR) is 354 cm³/mol. The van der Waals surface area contributed by atoms with Crippen LogP contribution in [-0.2, 0) is 14.4 Å². The maximum absolute atomic E-state index is 13.0. The summed E-state index contributed by atoms with van der Waals surface area (Å²) in [6, 6.07) is 43.1. The number of benzene rings is 6. The van der Waals surface area contributed by atoms with Crippen molar-refractivity contribution < 1.29 is 33.0 Å². The quantitative estimate of drug-likeness (QED) is 0.0708. The number of halogens is 3. The predicted octanol–water partition coefficient (Wildman–Crippen LogP) is 11.6. The molecule has 15 rings (SSSR count). The number of likely N-dealkylation sites (tertiary alicyclic amines) is 3. The summed E-state index contributed by atoms with van der Waals surface area (Å²) < 4.78 is 32.8. The van der Waals surface area contributed by atoms with Gasteiger partial charge in [-0.1, -0.05) is 52.3 Å². The zero-order valence-electron chi connectivity index (χ0n) is 49.7. The molecule has 456 valence electrons. The molecule has 9 aliphatic heterocycles. The third-order valence-corrected chi connectivity index (χ3v) is 20.3. The Morgan fingerprint density at radius 3 is 1.38 bits per heavy atom. The summed E-state index contributed by atoms with van der Waals surface area (Å²) in [5.41, 5.74) is 11.1. The highest BCUT2D eigenvalue weighted by molar-refractivity contribution is 14.1. The number of ether oxygens (including phenoxy) is 3. The van der Waals surface area contributed by atoms with E-state index in [9.17, 15) is 18.8 Å². The van der Waals surface area contributed by atoms with E-state index < -0.39 is 0 Å². The number of nitrogens with zero attached hydrogens (tertiary/aromatic N) is 7. The molecule has 0 radical (unpaired) electrons. The van der Waals surface area contributed by atoms with Crippen LogP contribution in [0.1, 0.15) is 86.8 Å². The average molecular weight is 1360 g/mol. The van der Waals surface area contributed by atoms with E-state index in [0.29, 0.717) is 67.9 Å². The van der Waals surface area contributed by atoms with Gasteiger partial charge in [-0.15, -0.1) is 0 Å². The van der Waals surface area contributed by atoms with Crippen LogP contribution >= 0.6 is 38.5 Å². The van der Waals surface area contributed by atoms with Crippen molar-refractivity contribution in [2.75, 3.05) is 129 Å². The first kappa shape index (κ1) is 59.5. The molecule has 0 spiro atoms. The van der Waals surface area contributed by atoms with Crippen LogP contribution in [0.5, 0.6) is 17.2 Å². The van der Waals surface area contributed by atoms with Crippen molar-refractivity contribution in [1.29, 1.82) is 0 Å². The van der Waals surface area contributed by atoms with Crippen LogP contribution in [0.4, 0.5) is 38.5 Å². The van der Waals surface area contributed by atoms with Crippen molar-refractivity contribution in [2.24, 2.45) is 0 Å². The van der Waals surface area contributed by atoms with Crippen LogP contribution < -0.4 is 44.4 Å². The molecule has 3 fully saturated rings. The molecule has 9 heterocycles. The van der Waals surface area contributed by atoms with E-state index in [1.165, 1.54) is 49.5 Å². The molecule has 0 aliphatic carbocycles. The number of hydrogen-bond acceptors (Lipinski definition) is 12. The van der Waals surface area contributed by atoms with E-state index >= 15 is 0 Å². The van der Waals surface area contributed by atoms with Gasteiger partial charge in [0.2, 0.25) is 17.7 Å². The van der Waals surface area contributed by atoms with Crippen molar-refractivity contribution in [3.05, 3.63) is 158 Å². The topological polar surface area (TPSA) is 126 Å². The fourth-order valence-electron chi connectivity index (χ4n) is 15.3. The Morgan fingerprint density at radius 1 is 0.529 bits per heavy atom. The van der Waals surface area contributed by atoms with Gasteiger partial charge in [0.25, 0.3) is 0 Å². The van der Waals surface area contributed by atoms with Gasteiger partial charge in [-0.25, -0.2) is 4.39 Å². The lowest BCUT2D eigenvalue weighted by molar-refractivity contribution is -0.118. The largest absolute Gasteiger partial charge is 0.494 e. The average Bonchev–Trinajstić information content (AvgIpc) is 1.63. The molecule has 0 unspecified atom stereocenters. The smallest absolute Gasteiger partial charge is 0.246 e. The van der Waals surface area contributed by atoms with Crippen LogP contribution in [-0.4, -0.2) is 155 Å². The Kier molecular flexibility index (Phi) is 18.0. The third kappa shape index (κ3) is 12.8. The van der Waals surface area contributed by atoms with Crippen molar-refractivity contribution in [3.63, 3.8) is 0 Å². The van der Waals surface area contributed by atoms with E-state index in [0.717, 1.165) is 144 Å². The van der Waals surface area contributed by atoms with Gasteiger partial charge in [-0.3, -0.25) is 14.4 Å². The number of carbonyl (C=O) groups is 3. The van der Waals surface area contributed by atoms with Gasteiger partial charge in [0.1, 0.15) is 23.1 Å². The Labute approximate surface area is 532 Å². The molecule has 3 saturated heterocycles. The number of hydrogen-bond donors (Lipinski definition) is 2. The summed E-state index contributed by atoms with van der Waals surface area (Å²) in [6.45, 7) is 17.2. The van der Waals surface area contributed by atoms with Gasteiger partial charge in [0.15, 0.2) is 0 Å². The molecule has 15 nitrogen and oxygen atoms in total. The maximum atomic E-state index is 13.0. The molecule has 9 aliphatic rings. The summed E-state index contributed by atoms with van der Waals surface area (Å²) >= 11 is 5.75. The Bertz CT molecular complexity index is 3310. The summed E-state index contributed by atoms with van der Waals surface area (Å²) in [6.07, 6.45) is 6.28. The van der Waals surface area contributed by atoms with E-state index in [4.69, 9.17) is 14.2 Å². The minimum absolute atomic E-state index is 0.109. The van der Waals surface area contributed by atoms with Crippen molar-refractivity contribution in [2.45, 2.75) is 94.3 Å². The molecule has 6 atom stereocenters. The molecule has 6 aromatic carbocycles. The fourth-order valence-corrected chi connectivity index (χ4v) is 15.9. The van der Waals surface area contributed by atoms with Crippen molar-refractivity contribution >= 4 is 90.4 Å². The molecule has 2 N–H and O–H groups in total. The summed E-state index contributed by atoms with van der Waals surface area (Å²) in [7, 11) is 0. The Hall–Kier alpha value is -6.45. The van der Waals surface area contributed by atoms with Crippen LogP contribution in [0.15, 0.2) is 132 Å². The number of carbonyl (C=O) groups excluding carboxylic acids is 3. The Balaban J connectivity index is 0.000000121. The molecule has 0 bridgehead atoms. The number of anilines is 6. The van der Waals surface area contributed by atoms with Gasteiger partial charge < -0.3 is 59.1 Å². The summed E-state index contributed by atoms with van der Waals surface area (Å²) in [4.78, 5) is 53.7. The second-order valence-corrected chi connectivity index (χ2v) is 27.0. The van der Waals surface area contributed by atoms with E-state index in [-0.39, 0.29) is 29.6 Å². The molecule has 6 aromatic rings. The molecule has 87 heavy (non-hydrogen) atoms. The highest BCUT2D eigenvalue weighted by Gasteiger charge is 2.49. The number of rotatable bonds is 16. The lowest BCUT2D eigenvalue weighted by Gasteiger charge is -2.42. The van der Waals surface area contributed by atoms with Crippen LogP contribution in [0.25, 0.3) is 0 Å². The van der Waals surface area contributed by atoms with Crippen LogP contribution in [0.2, 0.25) is 0 Å². The first-order chi connectivity index (χ1) is 42.4. The number of para-hydroxylation sites is 3. The molecule has 0 saturated carbocycles. The van der Waals surface area contributed by atoms with Crippen LogP contribution in [0, 0.1) is 9.39 Å². The van der Waals surface area contributed by atoms with Gasteiger partial charge in [0, 0.05) is 109 Å². The molecule has 18 heteroatoms. The van der Waals surface area contributed by atoms with Crippen molar-refractivity contribution in [1.82, 2.24) is 14.7 Å². The minimum atomic E-state index is -0.244. The van der Waals surface area contributed by atoms with Crippen molar-refractivity contribution in [3.8, 4) is 17.2 Å². The highest BCUT2D eigenvalue weighted by atomic mass is 127. The Morgan fingerprint density at radius 2 is 0.931 bits per heavy atom. The van der Waals surface area contributed by atoms with Crippen LogP contribution in [0.3, 0.4) is 0 Å². The molecule has 3 amide bonds. The van der Waals surface area contributed by atoms with E-state index in [1.807, 2.05) is 53.4 Å². The highest BCUT2D eigenvalue weighted by Crippen LogP contribution is 2.53. The first-order valence-corrected chi connectivity index (χ1v) is 33.2. The third-order valence-electron chi connectivity index (χ3n) is 19.1. The normalized spacial score (nSPS) is 23.0. The van der Waals surface area contributed by atoms with Gasteiger partial charge in [-0.2, -0.15) is 0 Å². The number of amides is 3. The SMILES string of the molecule is CC(C)N1C(=O)CN2c3c(cccc31)[C@@H]1CN(CCCOc3ccc(F)cc3)CC[C@@H]12.O=C1CN2c3c(cccc3[C@@H]3CN(CCCOc4ccc(Br)cc4)CC[C@@H]32)N1.O=C1CN2c3c(cccc3[C@@H]3CN(CCCOc4ccc(I)cc4)CC[C@@H]32)N1. The number of piperidine rings is 3. The lowest BCUT2D eigenvalue weighted by Crippen LogP contribution is -2.53. The van der Waals surface area contributed by atoms with Gasteiger partial charge in [-0.05, 0) is 183 Å². The summed E-state index contributed by atoms with van der Waals surface area (Å²) in [5.74, 6) is 4.20. The van der Waals surface area contributed by atoms with E-state index in [1.54, 1.807) is 12.1 Å². The minimum Gasteiger partial charge on any atom is -0.494 e. The van der Waals surface area contributed by atoms with E-state index in [2.05, 4.69) is 147 Å². The zero-order chi connectivity index (χ0) is 59.7. The molecular formula is C69H78BrFIN9O6. The second-order valence-electron chi connectivity index (χ2n) is 24.8. The maximum Gasteiger partial charge on any atom is 0.246 e. The molecule has 0 aromatic heterocycles. The first-order valence-electron chi connectivity index (χ1n) is 31.3. The monoisotopic (exact) mass is 1350 g/mol. The fraction of sp³-hybridized carbons (Fsp3) is 0.435. The zero-order valence-corrected chi connectivity index (χ0v) is 53.5. The van der Waals surface area contributed by atoms with Gasteiger partial charge >= 0.3 is 0 Å². The molecular weight excluding hydrogens is 1280 g/mol. The number of fused-ring (bicyclic) bond motifs is 9. The number of nitrogens with one attached hydrogen (secondary N) is 2. The second kappa shape index (κ2) is 26.3. The van der Waals surface area contributed by atoms with Gasteiger partial charge in [0.05, 0.1) is 73.6 Å². The summed E-state index contributed by atoms with van der Waals surface area (Å²) in [5, 5.41) is 6.08. The standard InChI is InChI=1S/C25H30FN3O2.C22H24BrN3O2.C22H24IN3O2/c1-17(2)29-23-6-3-5-20-21-15-27(12-4-14-31-19-9-7-18(26)8-10-19)13-11-22(21)28(25(20)23)16-24(29)30;2*23-15-5-7-16(8-6-15)28-12-2-10-25-11-9-20-18(13-25)17-3-1-4-19-22(17)26(20)14-21(27)24-19/h3,5-10,17,21-22H,4,11-16H2,1-2H3;2*1,3-8,18,20H,2,9-14H2,(H,24,27)/t21-,22-;2*18-,20-/m000/s1.